The number of aromatic nitrogens is 4. The number of pyridine rings is 1. The van der Waals surface area contributed by atoms with Crippen LogP contribution >= 0.6 is 32.3 Å². The third kappa shape index (κ3) is 16.9. The topological polar surface area (TPSA) is 246 Å². The van der Waals surface area contributed by atoms with Crippen molar-refractivity contribution in [3.63, 3.8) is 0 Å². The monoisotopic (exact) mass is 1440 g/mol. The fourth-order valence-corrected chi connectivity index (χ4v) is 11.1. The molecule has 4 aliphatic rings. The number of halogens is 1. The van der Waals surface area contributed by atoms with Crippen LogP contribution in [0.1, 0.15) is 73.1 Å². The molecule has 7 heterocycles. The van der Waals surface area contributed by atoms with E-state index >= 15 is 0 Å². The first-order chi connectivity index (χ1) is 39.8. The molecule has 9 rings (SSSR count). The van der Waals surface area contributed by atoms with Crippen molar-refractivity contribution in [2.45, 2.75) is 69.0 Å². The van der Waals surface area contributed by atoms with Gasteiger partial charge in [-0.2, -0.15) is 18.7 Å². The zero-order valence-electron chi connectivity index (χ0n) is 47.2. The summed E-state index contributed by atoms with van der Waals surface area (Å²) in [5.74, 6) is 0.394. The van der Waals surface area contributed by atoms with E-state index in [1.165, 1.54) is 5.56 Å². The quantitative estimate of drug-likeness (QED) is 0.0142. The Morgan fingerprint density at radius 1 is 0.964 bits per heavy atom. The second-order valence-corrected chi connectivity index (χ2v) is 22.1. The first-order valence-electron chi connectivity index (χ1n) is 28.2. The second kappa shape index (κ2) is 30.5. The van der Waals surface area contributed by atoms with Crippen LogP contribution in [0.25, 0.3) is 22.2 Å². The molecule has 454 valence electrons. The Morgan fingerprint density at radius 3 is 2.41 bits per heavy atom. The van der Waals surface area contributed by atoms with Gasteiger partial charge in [-0.25, -0.2) is 15.0 Å². The fraction of sp³-hybridized carbons (Fsp3) is 0.517. The fourth-order valence-electron chi connectivity index (χ4n) is 10.9. The maximum absolute atomic E-state index is 14.0. The van der Waals surface area contributed by atoms with Gasteiger partial charge in [-0.3, -0.25) is 24.1 Å². The van der Waals surface area contributed by atoms with Crippen LogP contribution < -0.4 is 26.6 Å². The van der Waals surface area contributed by atoms with Crippen molar-refractivity contribution in [3.8, 4) is 11.1 Å². The first-order valence-corrected chi connectivity index (χ1v) is 30.7. The Bertz CT molecular complexity index is 2930. The Balaban J connectivity index is 0.00000326. The van der Waals surface area contributed by atoms with Crippen molar-refractivity contribution in [3.05, 3.63) is 101 Å². The number of piperidine rings is 2. The number of aromatic amines is 1. The van der Waals surface area contributed by atoms with Gasteiger partial charge in [-0.05, 0) is 85.5 Å². The number of likely N-dealkylation sites (tertiary alicyclic amines) is 1. The molecule has 83 heavy (non-hydrogen) atoms. The van der Waals surface area contributed by atoms with Crippen LogP contribution in [0.3, 0.4) is 0 Å². The van der Waals surface area contributed by atoms with Crippen LogP contribution in [-0.4, -0.2) is 199 Å². The smallest absolute Gasteiger partial charge is 0.272 e. The molecule has 21 nitrogen and oxygen atoms in total. The number of ether oxygens (including phenoxy) is 3. The minimum absolute atomic E-state index is 0. The van der Waals surface area contributed by atoms with E-state index in [0.717, 1.165) is 46.4 Å². The van der Waals surface area contributed by atoms with Crippen LogP contribution in [0.5, 0.6) is 0 Å². The van der Waals surface area contributed by atoms with E-state index in [0.29, 0.717) is 109 Å². The second-order valence-electron chi connectivity index (χ2n) is 21.6. The summed E-state index contributed by atoms with van der Waals surface area (Å²) in [4.78, 5) is 91.9. The SMILES string of the molecule is CCc1cccc(-c2cnc(C(=O)NCCOCCOCCC(=O)N3CCN(CCC(NC(=O)C4(N)CCN(c5ncnc6[nH]ccc56)CC4)c4ccc(Cl)cc4)CC3)c(NC3(CN([C-]=O)CC4CCN(C)C(=O)C4)COC3)c2)c1.PS.[Fm]. The first kappa shape index (κ1) is 63.6. The van der Waals surface area contributed by atoms with Gasteiger partial charge in [-0.1, -0.05) is 63.4 Å². The zero-order valence-corrected chi connectivity index (χ0v) is 52.5. The number of anilines is 2. The number of aryl methyl sites for hydroxylation is 1. The minimum Gasteiger partial charge on any atom is -0.520 e. The molecule has 0 bridgehead atoms. The number of nitrogens with one attached hydrogen (secondary N) is 4. The van der Waals surface area contributed by atoms with E-state index in [1.807, 2.05) is 59.6 Å². The maximum atomic E-state index is 14.0. The molecule has 6 N–H and O–H groups in total. The molecule has 0 spiro atoms. The molecular formula is C58H78ClFmN13O8PS-. The van der Waals surface area contributed by atoms with Crippen LogP contribution in [0.4, 0.5) is 11.5 Å². The third-order valence-corrected chi connectivity index (χ3v) is 16.2. The number of thiol groups is 1. The Hall–Kier alpha value is -6.97. The predicted octanol–water partition coefficient (Wildman–Crippen LogP) is 4.90. The summed E-state index contributed by atoms with van der Waals surface area (Å²) in [6.45, 7) is 9.77. The van der Waals surface area contributed by atoms with Crippen LogP contribution in [0.15, 0.2) is 79.4 Å². The molecular weight excluding hydrogens is 1360 g/mol. The molecule has 25 heteroatoms. The summed E-state index contributed by atoms with van der Waals surface area (Å²) in [5.41, 5.74) is 10.5. The summed E-state index contributed by atoms with van der Waals surface area (Å²) in [7, 11) is 3.91. The van der Waals surface area contributed by atoms with Gasteiger partial charge in [0.05, 0.1) is 74.3 Å². The predicted molar refractivity (Wildman–Crippen MR) is 323 cm³/mol. The number of benzene rings is 2. The van der Waals surface area contributed by atoms with Gasteiger partial charge in [0.2, 0.25) is 17.7 Å². The van der Waals surface area contributed by atoms with Crippen molar-refractivity contribution >= 4 is 84.9 Å². The summed E-state index contributed by atoms with van der Waals surface area (Å²) in [5, 5.41) is 11.3. The van der Waals surface area contributed by atoms with Gasteiger partial charge >= 0.3 is 0 Å². The van der Waals surface area contributed by atoms with Crippen molar-refractivity contribution < 1.29 is 38.2 Å². The molecule has 0 radical (unpaired) electrons. The number of H-pyrrole nitrogens is 1. The van der Waals surface area contributed by atoms with Gasteiger partial charge in [0.25, 0.3) is 5.91 Å². The molecule has 4 fully saturated rings. The van der Waals surface area contributed by atoms with Gasteiger partial charge in [0.15, 0.2) is 5.69 Å². The van der Waals surface area contributed by atoms with Crippen LogP contribution in [0, 0.1) is 5.92 Å². The summed E-state index contributed by atoms with van der Waals surface area (Å²) in [6.07, 6.45) is 11.1. The number of carbonyl (C=O) groups is 4. The van der Waals surface area contributed by atoms with Gasteiger partial charge in [0.1, 0.15) is 17.8 Å². The standard InChI is InChI=1S/C58H75ClN13O8.Fm.H3PS/c1-3-41-5-4-6-44(31-41)45-33-49(67-57(37-80-38-57)36-70(40-73)35-42-12-19-68(2)51(75)32-42)52(63-34-45)55(76)62-18-28-79-30-29-78-27-14-50(74)71-25-23-69(24-26-71)20-13-48(43-7-9-46(59)10-8-43)66-56(77)58(60)15-21-72(22-16-58)54-47-11-17-61-53(47)64-39-65-54;;1-2/h4-11,17,31,33-34,39,42,48,67H,3,12-16,18-30,32,35-38,60H2,1-2H3,(H,62,76)(H,66,77)(H,61,64,65);;2H,1H2/q-1;;. The number of hydrogen-bond donors (Lipinski definition) is 6. The molecule has 4 saturated heterocycles. The van der Waals surface area contributed by atoms with Crippen LogP contribution in [-0.2, 0) is 39.8 Å². The van der Waals surface area contributed by atoms with Gasteiger partial charge in [-0.15, -0.1) is 0 Å². The van der Waals surface area contributed by atoms with Crippen molar-refractivity contribution in [1.82, 2.24) is 50.2 Å². The number of carbonyl (C=O) groups excluding carboxylic acids is 5. The van der Waals surface area contributed by atoms with Crippen LogP contribution in [0.2, 0.25) is 5.02 Å². The number of nitrogens with zero attached hydrogens (tertiary/aromatic N) is 8. The summed E-state index contributed by atoms with van der Waals surface area (Å²) in [6, 6.07) is 19.3. The Morgan fingerprint density at radius 2 is 1.71 bits per heavy atom. The van der Waals surface area contributed by atoms with Crippen molar-refractivity contribution in [2.75, 3.05) is 129 Å². The molecule has 5 aromatic rings. The zero-order chi connectivity index (χ0) is 58.1. The normalized spacial score (nSPS) is 18.0. The molecule has 3 unspecified atom stereocenters. The Labute approximate surface area is 492 Å². The molecule has 4 aliphatic heterocycles. The minimum atomic E-state index is -1.04. The van der Waals surface area contributed by atoms with E-state index in [4.69, 9.17) is 31.5 Å². The number of piperazine rings is 1. The molecule has 0 saturated carbocycles. The van der Waals surface area contributed by atoms with E-state index in [9.17, 15) is 24.0 Å². The number of hydrogen-bond acceptors (Lipinski definition) is 16. The number of amides is 5. The average molecular weight is 1440 g/mol. The largest absolute Gasteiger partial charge is 0.520 e. The van der Waals surface area contributed by atoms with E-state index < -0.39 is 17.0 Å². The molecule has 3 atom stereocenters. The molecule has 0 aliphatic carbocycles. The van der Waals surface area contributed by atoms with E-state index in [2.05, 4.69) is 91.8 Å². The maximum Gasteiger partial charge on any atom is 0.272 e. The van der Waals surface area contributed by atoms with Gasteiger partial charge < -0.3 is 65.3 Å². The number of fused-ring (bicyclic) bond motifs is 1. The summed E-state index contributed by atoms with van der Waals surface area (Å²) >= 11 is 9.70. The number of nitrogens with two attached hydrogens (primary N) is 1. The molecule has 5 amide bonds. The van der Waals surface area contributed by atoms with Gasteiger partial charge in [0, 0.05) is 102 Å². The molecule has 2 aromatic carbocycles. The summed E-state index contributed by atoms with van der Waals surface area (Å²) < 4.78 is 17.2. The third-order valence-electron chi connectivity index (χ3n) is 15.9. The average Bonchev–Trinajstić information content (AvgIpc) is 4.08. The number of rotatable bonds is 26. The van der Waals surface area contributed by atoms with Crippen molar-refractivity contribution in [1.29, 1.82) is 0 Å². The van der Waals surface area contributed by atoms with E-state index in [1.54, 1.807) is 29.4 Å². The van der Waals surface area contributed by atoms with Crippen molar-refractivity contribution in [2.24, 2.45) is 11.7 Å². The van der Waals surface area contributed by atoms with E-state index in [-0.39, 0.29) is 81.3 Å². The Kier molecular flexibility index (Phi) is 23.4. The molecule has 3 aromatic heterocycles.